The van der Waals surface area contributed by atoms with Crippen LogP contribution in [0.15, 0.2) is 83.5 Å². The third kappa shape index (κ3) is 6.29. The minimum atomic E-state index is -0.819. The molecule has 4 aromatic rings. The minimum absolute atomic E-state index is 0.0289. The van der Waals surface area contributed by atoms with E-state index in [-0.39, 0.29) is 17.4 Å². The van der Waals surface area contributed by atoms with E-state index in [2.05, 4.69) is 23.1 Å². The van der Waals surface area contributed by atoms with Gasteiger partial charge in [0.2, 0.25) is 5.76 Å². The van der Waals surface area contributed by atoms with Crippen molar-refractivity contribution in [2.75, 3.05) is 5.32 Å². The number of halogens is 1. The summed E-state index contributed by atoms with van der Waals surface area (Å²) in [6, 6.07) is 20.1. The average molecular weight is 535 g/mol. The summed E-state index contributed by atoms with van der Waals surface area (Å²) in [4.78, 5) is 35.2. The largest absolute Gasteiger partial charge is 0.502 e. The maximum atomic E-state index is 12.7. The first-order valence-corrected chi connectivity index (χ1v) is 11.9. The van der Waals surface area contributed by atoms with Gasteiger partial charge in [0.15, 0.2) is 5.75 Å². The SMILES string of the molecule is CC(Cc1ccc(Cl)cc1)Nc1ccc(-c2ccoc2C(=O)NNC(=O)c2ccc(O)c([N+](=O)[O-])c2)cc1. The number of hydrogen-bond acceptors (Lipinski definition) is 7. The highest BCUT2D eigenvalue weighted by molar-refractivity contribution is 6.30. The third-order valence-corrected chi connectivity index (χ3v) is 5.91. The molecule has 1 heterocycles. The Morgan fingerprint density at radius 3 is 2.37 bits per heavy atom. The second kappa shape index (κ2) is 11.5. The van der Waals surface area contributed by atoms with Crippen LogP contribution in [0.4, 0.5) is 11.4 Å². The van der Waals surface area contributed by atoms with Gasteiger partial charge in [-0.25, -0.2) is 0 Å². The molecule has 0 spiro atoms. The number of hydrogen-bond donors (Lipinski definition) is 4. The van der Waals surface area contributed by atoms with Crippen LogP contribution in [0.3, 0.4) is 0 Å². The topological polar surface area (TPSA) is 147 Å². The van der Waals surface area contributed by atoms with Crippen molar-refractivity contribution in [1.29, 1.82) is 0 Å². The first-order valence-electron chi connectivity index (χ1n) is 11.5. The molecular formula is C27H23ClN4O6. The van der Waals surface area contributed by atoms with Crippen LogP contribution in [0.25, 0.3) is 11.1 Å². The maximum Gasteiger partial charge on any atom is 0.311 e. The van der Waals surface area contributed by atoms with Crippen LogP contribution in [-0.2, 0) is 6.42 Å². The molecule has 0 bridgehead atoms. The Labute approximate surface area is 222 Å². The Balaban J connectivity index is 1.37. The Morgan fingerprint density at radius 2 is 1.68 bits per heavy atom. The summed E-state index contributed by atoms with van der Waals surface area (Å²) in [5, 5.41) is 24.6. The van der Waals surface area contributed by atoms with E-state index in [0.29, 0.717) is 10.6 Å². The lowest BCUT2D eigenvalue weighted by Crippen LogP contribution is -2.41. The zero-order chi connectivity index (χ0) is 27.2. The van der Waals surface area contributed by atoms with Gasteiger partial charge in [-0.15, -0.1) is 0 Å². The number of rotatable bonds is 8. The molecule has 1 unspecified atom stereocenters. The Kier molecular flexibility index (Phi) is 7.93. The Hall–Kier alpha value is -4.83. The van der Waals surface area contributed by atoms with Gasteiger partial charge in [-0.3, -0.25) is 30.6 Å². The number of nitro groups is 1. The lowest BCUT2D eigenvalue weighted by atomic mass is 10.0. The van der Waals surface area contributed by atoms with Gasteiger partial charge in [0.25, 0.3) is 5.91 Å². The van der Waals surface area contributed by atoms with Crippen molar-refractivity contribution in [2.45, 2.75) is 19.4 Å². The number of carbonyl (C=O) groups excluding carboxylic acids is 2. The van der Waals surface area contributed by atoms with Gasteiger partial charge in [0.1, 0.15) is 0 Å². The number of amides is 2. The van der Waals surface area contributed by atoms with E-state index in [9.17, 15) is 24.8 Å². The minimum Gasteiger partial charge on any atom is -0.502 e. The molecule has 194 valence electrons. The van der Waals surface area contributed by atoms with Crippen molar-refractivity contribution in [3.05, 3.63) is 111 Å². The molecule has 4 rings (SSSR count). The molecular weight excluding hydrogens is 512 g/mol. The van der Waals surface area contributed by atoms with Gasteiger partial charge in [-0.05, 0) is 66.9 Å². The fourth-order valence-corrected chi connectivity index (χ4v) is 3.95. The first-order chi connectivity index (χ1) is 18.2. The number of nitrogens with one attached hydrogen (secondary N) is 3. The van der Waals surface area contributed by atoms with E-state index in [0.717, 1.165) is 35.4 Å². The van der Waals surface area contributed by atoms with Gasteiger partial charge in [0, 0.05) is 33.9 Å². The molecule has 0 radical (unpaired) electrons. The van der Waals surface area contributed by atoms with E-state index >= 15 is 0 Å². The lowest BCUT2D eigenvalue weighted by molar-refractivity contribution is -0.385. The van der Waals surface area contributed by atoms with Gasteiger partial charge in [-0.2, -0.15) is 0 Å². The molecule has 3 aromatic carbocycles. The molecule has 1 aromatic heterocycles. The van der Waals surface area contributed by atoms with Crippen molar-refractivity contribution in [3.63, 3.8) is 0 Å². The predicted octanol–water partition coefficient (Wildman–Crippen LogP) is 5.33. The number of carbonyl (C=O) groups is 2. The molecule has 0 fully saturated rings. The zero-order valence-electron chi connectivity index (χ0n) is 20.1. The summed E-state index contributed by atoms with van der Waals surface area (Å²) in [6.07, 6.45) is 2.17. The highest BCUT2D eigenvalue weighted by atomic mass is 35.5. The normalized spacial score (nSPS) is 11.4. The smallest absolute Gasteiger partial charge is 0.311 e. The Morgan fingerprint density at radius 1 is 1.00 bits per heavy atom. The number of nitro benzene ring substituents is 1. The Bertz CT molecular complexity index is 1470. The fourth-order valence-electron chi connectivity index (χ4n) is 3.82. The number of anilines is 1. The number of benzene rings is 3. The molecule has 1 atom stereocenters. The molecule has 0 aliphatic heterocycles. The van der Waals surface area contributed by atoms with Crippen molar-refractivity contribution in [3.8, 4) is 16.9 Å². The first kappa shape index (κ1) is 26.2. The monoisotopic (exact) mass is 534 g/mol. The number of nitrogens with zero attached hydrogens (tertiary/aromatic N) is 1. The van der Waals surface area contributed by atoms with E-state index in [1.165, 1.54) is 12.3 Å². The molecule has 11 heteroatoms. The van der Waals surface area contributed by atoms with Crippen molar-refractivity contribution in [2.24, 2.45) is 0 Å². The van der Waals surface area contributed by atoms with Crippen molar-refractivity contribution >= 4 is 34.8 Å². The highest BCUT2D eigenvalue weighted by Crippen LogP contribution is 2.28. The van der Waals surface area contributed by atoms with Crippen LogP contribution < -0.4 is 16.2 Å². The summed E-state index contributed by atoms with van der Waals surface area (Å²) in [6.45, 7) is 2.08. The van der Waals surface area contributed by atoms with Gasteiger partial charge in [0.05, 0.1) is 11.2 Å². The zero-order valence-corrected chi connectivity index (χ0v) is 20.9. The standard InChI is InChI=1S/C27H23ClN4O6/c1-16(14-17-2-7-20(28)8-3-17)29-21-9-4-18(5-10-21)22-12-13-38-25(22)27(35)31-30-26(34)19-6-11-24(33)23(15-19)32(36)37/h2-13,15-16,29,33H,14H2,1H3,(H,30,34)(H,31,35). The summed E-state index contributed by atoms with van der Waals surface area (Å²) in [5.74, 6) is -2.13. The van der Waals surface area contributed by atoms with Crippen molar-refractivity contribution < 1.29 is 24.0 Å². The van der Waals surface area contributed by atoms with Crippen LogP contribution in [0.5, 0.6) is 5.75 Å². The summed E-state index contributed by atoms with van der Waals surface area (Å²) < 4.78 is 5.34. The highest BCUT2D eigenvalue weighted by Gasteiger charge is 2.20. The molecule has 10 nitrogen and oxygen atoms in total. The number of hydrazine groups is 1. The summed E-state index contributed by atoms with van der Waals surface area (Å²) in [5.41, 5.74) is 6.97. The van der Waals surface area contributed by atoms with Gasteiger partial charge in [-0.1, -0.05) is 35.9 Å². The fraction of sp³-hybridized carbons (Fsp3) is 0.111. The predicted molar refractivity (Wildman–Crippen MR) is 142 cm³/mol. The number of aromatic hydroxyl groups is 1. The molecule has 0 aliphatic carbocycles. The second-order valence-corrected chi connectivity index (χ2v) is 8.92. The van der Waals surface area contributed by atoms with Crippen LogP contribution in [0.2, 0.25) is 5.02 Å². The maximum absolute atomic E-state index is 12.7. The lowest BCUT2D eigenvalue weighted by Gasteiger charge is -2.16. The molecule has 0 saturated carbocycles. The van der Waals surface area contributed by atoms with E-state index < -0.39 is 28.2 Å². The molecule has 0 aliphatic rings. The second-order valence-electron chi connectivity index (χ2n) is 8.49. The van der Waals surface area contributed by atoms with Crippen molar-refractivity contribution in [1.82, 2.24) is 10.9 Å². The third-order valence-electron chi connectivity index (χ3n) is 5.66. The number of phenolic OH excluding ortho intramolecular Hbond substituents is 1. The van der Waals surface area contributed by atoms with Gasteiger partial charge < -0.3 is 14.8 Å². The van der Waals surface area contributed by atoms with E-state index in [4.69, 9.17) is 16.0 Å². The molecule has 38 heavy (non-hydrogen) atoms. The van der Waals surface area contributed by atoms with Crippen LogP contribution >= 0.6 is 11.6 Å². The molecule has 4 N–H and O–H groups in total. The average Bonchev–Trinajstić information content (AvgIpc) is 3.39. The summed E-state index contributed by atoms with van der Waals surface area (Å²) in [7, 11) is 0. The quantitative estimate of drug-likeness (QED) is 0.176. The van der Waals surface area contributed by atoms with Crippen LogP contribution in [-0.4, -0.2) is 27.9 Å². The van der Waals surface area contributed by atoms with Crippen LogP contribution in [0, 0.1) is 10.1 Å². The van der Waals surface area contributed by atoms with Gasteiger partial charge >= 0.3 is 11.6 Å². The summed E-state index contributed by atoms with van der Waals surface area (Å²) >= 11 is 5.95. The number of furan rings is 1. The number of phenols is 1. The molecule has 0 saturated heterocycles. The van der Waals surface area contributed by atoms with E-state index in [1.807, 2.05) is 48.5 Å². The van der Waals surface area contributed by atoms with Crippen LogP contribution in [0.1, 0.15) is 33.4 Å². The van der Waals surface area contributed by atoms with E-state index in [1.54, 1.807) is 6.07 Å². The molecule has 2 amide bonds.